The molecule has 1 fully saturated rings. The van der Waals surface area contributed by atoms with E-state index in [1.54, 1.807) is 13.2 Å². The number of amides is 1. The van der Waals surface area contributed by atoms with Gasteiger partial charge in [0.1, 0.15) is 0 Å². The molecular weight excluding hydrogens is 272 g/mol. The van der Waals surface area contributed by atoms with Gasteiger partial charge in [-0.3, -0.25) is 9.48 Å². The summed E-state index contributed by atoms with van der Waals surface area (Å²) in [7, 11) is 1.71. The van der Waals surface area contributed by atoms with Crippen molar-refractivity contribution in [3.63, 3.8) is 0 Å². The van der Waals surface area contributed by atoms with Crippen molar-refractivity contribution in [2.24, 2.45) is 24.6 Å². The summed E-state index contributed by atoms with van der Waals surface area (Å²) >= 11 is 0. The van der Waals surface area contributed by atoms with Crippen LogP contribution in [0.25, 0.3) is 0 Å². The number of aromatic nitrogens is 2. The summed E-state index contributed by atoms with van der Waals surface area (Å²) in [5.41, 5.74) is 6.12. The van der Waals surface area contributed by atoms with Gasteiger partial charge in [-0.25, -0.2) is 4.79 Å². The number of rotatable bonds is 5. The van der Waals surface area contributed by atoms with Gasteiger partial charge in [-0.1, -0.05) is 0 Å². The number of aryl methyl sites for hydroxylation is 1. The highest BCUT2D eigenvalue weighted by Crippen LogP contribution is 2.28. The molecule has 1 saturated carbocycles. The molecule has 2 rings (SSSR count). The highest BCUT2D eigenvalue weighted by molar-refractivity contribution is 5.85. The van der Waals surface area contributed by atoms with Crippen molar-refractivity contribution < 1.29 is 14.7 Å². The first-order chi connectivity index (χ1) is 10.0. The van der Waals surface area contributed by atoms with Crippen molar-refractivity contribution in [3.05, 3.63) is 18.0 Å². The first kappa shape index (κ1) is 15.5. The number of hydrogen-bond donors (Lipinski definition) is 3. The molecule has 0 aromatic carbocycles. The Hall–Kier alpha value is -1.89. The first-order valence-corrected chi connectivity index (χ1v) is 7.23. The normalized spacial score (nSPS) is 23.5. The molecule has 0 spiro atoms. The lowest BCUT2D eigenvalue weighted by Gasteiger charge is -2.27. The van der Waals surface area contributed by atoms with Crippen LogP contribution < -0.4 is 11.1 Å². The van der Waals surface area contributed by atoms with E-state index in [-0.39, 0.29) is 11.8 Å². The standard InChI is InChI=1S/C14H22N4O3/c1-18-8-11(7-16-18)12(14(20)21)17-13(19)10-4-2-9(6-15)3-5-10/h7-10,12H,2-6,15H2,1H3,(H,17,19)(H,20,21). The summed E-state index contributed by atoms with van der Waals surface area (Å²) in [4.78, 5) is 23.6. The minimum absolute atomic E-state index is 0.119. The van der Waals surface area contributed by atoms with Gasteiger partial charge in [-0.2, -0.15) is 5.10 Å². The van der Waals surface area contributed by atoms with Crippen LogP contribution in [-0.2, 0) is 16.6 Å². The van der Waals surface area contributed by atoms with E-state index in [1.807, 2.05) is 0 Å². The quantitative estimate of drug-likeness (QED) is 0.729. The van der Waals surface area contributed by atoms with Crippen LogP contribution in [0.4, 0.5) is 0 Å². The van der Waals surface area contributed by atoms with Crippen LogP contribution in [0.1, 0.15) is 37.3 Å². The second-order valence-corrected chi connectivity index (χ2v) is 5.68. The summed E-state index contributed by atoms with van der Waals surface area (Å²) < 4.78 is 1.52. The molecule has 7 nitrogen and oxygen atoms in total. The van der Waals surface area contributed by atoms with Gasteiger partial charge in [0.2, 0.25) is 5.91 Å². The molecular formula is C14H22N4O3. The van der Waals surface area contributed by atoms with Gasteiger partial charge in [-0.05, 0) is 38.1 Å². The maximum absolute atomic E-state index is 12.3. The molecule has 0 radical (unpaired) electrons. The fraction of sp³-hybridized carbons (Fsp3) is 0.643. The van der Waals surface area contributed by atoms with Crippen LogP contribution in [0.15, 0.2) is 12.4 Å². The van der Waals surface area contributed by atoms with Crippen LogP contribution in [-0.4, -0.2) is 33.3 Å². The summed E-state index contributed by atoms with van der Waals surface area (Å²) in [6.45, 7) is 0.655. The maximum Gasteiger partial charge on any atom is 0.331 e. The van der Waals surface area contributed by atoms with E-state index < -0.39 is 12.0 Å². The van der Waals surface area contributed by atoms with Crippen LogP contribution in [0.2, 0.25) is 0 Å². The van der Waals surface area contributed by atoms with Crippen LogP contribution in [0.5, 0.6) is 0 Å². The minimum Gasteiger partial charge on any atom is -0.479 e. The molecule has 116 valence electrons. The molecule has 1 aromatic rings. The lowest BCUT2D eigenvalue weighted by atomic mass is 9.81. The number of carboxylic acids is 1. The number of hydrogen-bond acceptors (Lipinski definition) is 4. The van der Waals surface area contributed by atoms with Crippen molar-refractivity contribution >= 4 is 11.9 Å². The number of carbonyl (C=O) groups is 2. The zero-order chi connectivity index (χ0) is 15.4. The fourth-order valence-corrected chi connectivity index (χ4v) is 2.80. The Morgan fingerprint density at radius 1 is 1.48 bits per heavy atom. The smallest absolute Gasteiger partial charge is 0.331 e. The molecule has 0 bridgehead atoms. The zero-order valence-electron chi connectivity index (χ0n) is 12.2. The highest BCUT2D eigenvalue weighted by Gasteiger charge is 2.30. The van der Waals surface area contributed by atoms with E-state index in [0.717, 1.165) is 25.7 Å². The van der Waals surface area contributed by atoms with Crippen LogP contribution in [0, 0.1) is 11.8 Å². The molecule has 1 unspecified atom stereocenters. The Bertz CT molecular complexity index is 506. The van der Waals surface area contributed by atoms with Gasteiger partial charge in [-0.15, -0.1) is 0 Å². The van der Waals surface area contributed by atoms with Gasteiger partial charge >= 0.3 is 5.97 Å². The third-order valence-electron chi connectivity index (χ3n) is 4.14. The largest absolute Gasteiger partial charge is 0.479 e. The van der Waals surface area contributed by atoms with Gasteiger partial charge in [0.25, 0.3) is 0 Å². The second kappa shape index (κ2) is 6.71. The maximum atomic E-state index is 12.3. The van der Waals surface area contributed by atoms with Gasteiger partial charge in [0, 0.05) is 24.7 Å². The average molecular weight is 294 g/mol. The molecule has 1 amide bonds. The fourth-order valence-electron chi connectivity index (χ4n) is 2.80. The SMILES string of the molecule is Cn1cc(C(NC(=O)C2CCC(CN)CC2)C(=O)O)cn1. The molecule has 7 heteroatoms. The van der Waals surface area contributed by atoms with Crippen molar-refractivity contribution in [1.82, 2.24) is 15.1 Å². The molecule has 1 heterocycles. The van der Waals surface area contributed by atoms with E-state index in [2.05, 4.69) is 10.4 Å². The molecule has 4 N–H and O–H groups in total. The van der Waals surface area contributed by atoms with Gasteiger partial charge in [0.05, 0.1) is 6.20 Å². The van der Waals surface area contributed by atoms with E-state index in [9.17, 15) is 14.7 Å². The Morgan fingerprint density at radius 2 is 2.14 bits per heavy atom. The Labute approximate surface area is 123 Å². The van der Waals surface area contributed by atoms with E-state index >= 15 is 0 Å². The van der Waals surface area contributed by atoms with Crippen molar-refractivity contribution in [2.45, 2.75) is 31.7 Å². The second-order valence-electron chi connectivity index (χ2n) is 5.68. The highest BCUT2D eigenvalue weighted by atomic mass is 16.4. The monoisotopic (exact) mass is 294 g/mol. The number of aliphatic carboxylic acids is 1. The third kappa shape index (κ3) is 3.81. The van der Waals surface area contributed by atoms with Gasteiger partial charge < -0.3 is 16.2 Å². The summed E-state index contributed by atoms with van der Waals surface area (Å²) in [6.07, 6.45) is 6.47. The number of nitrogens with two attached hydrogens (primary N) is 1. The topological polar surface area (TPSA) is 110 Å². The van der Waals surface area contributed by atoms with Gasteiger partial charge in [0.15, 0.2) is 6.04 Å². The Kier molecular flexibility index (Phi) is 4.95. The molecule has 0 aliphatic heterocycles. The van der Waals surface area contributed by atoms with Crippen molar-refractivity contribution in [1.29, 1.82) is 0 Å². The Morgan fingerprint density at radius 3 is 2.62 bits per heavy atom. The number of nitrogens with zero attached hydrogens (tertiary/aromatic N) is 2. The minimum atomic E-state index is -1.08. The van der Waals surface area contributed by atoms with Crippen molar-refractivity contribution in [2.75, 3.05) is 6.54 Å². The van der Waals surface area contributed by atoms with E-state index in [1.165, 1.54) is 10.9 Å². The van der Waals surface area contributed by atoms with E-state index in [4.69, 9.17) is 5.73 Å². The summed E-state index contributed by atoms with van der Waals surface area (Å²) in [6, 6.07) is -1.04. The molecule has 21 heavy (non-hydrogen) atoms. The van der Waals surface area contributed by atoms with Crippen molar-refractivity contribution in [3.8, 4) is 0 Å². The molecule has 1 aromatic heterocycles. The first-order valence-electron chi connectivity index (χ1n) is 7.23. The van der Waals surface area contributed by atoms with Crippen LogP contribution in [0.3, 0.4) is 0 Å². The molecule has 1 aliphatic carbocycles. The number of carbonyl (C=O) groups excluding carboxylic acids is 1. The molecule has 1 aliphatic rings. The third-order valence-corrected chi connectivity index (χ3v) is 4.14. The summed E-state index contributed by atoms with van der Waals surface area (Å²) in [5.74, 6) is -0.900. The molecule has 1 atom stereocenters. The number of nitrogens with one attached hydrogen (secondary N) is 1. The predicted molar refractivity (Wildman–Crippen MR) is 76.2 cm³/mol. The van der Waals surface area contributed by atoms with Crippen LogP contribution >= 0.6 is 0 Å². The lowest BCUT2D eigenvalue weighted by molar-refractivity contribution is -0.143. The molecule has 0 saturated heterocycles. The van der Waals surface area contributed by atoms with E-state index in [0.29, 0.717) is 18.0 Å². The predicted octanol–water partition coefficient (Wildman–Crippen LogP) is 0.427. The Balaban J connectivity index is 1.98. The lowest BCUT2D eigenvalue weighted by Crippen LogP contribution is -2.39. The number of carboxylic acid groups (broad SMARTS) is 1. The average Bonchev–Trinajstić information content (AvgIpc) is 2.90. The zero-order valence-corrected chi connectivity index (χ0v) is 12.2. The summed E-state index contributed by atoms with van der Waals surface area (Å²) in [5, 5.41) is 15.9.